The maximum Gasteiger partial charge on any atom is 0.168 e. The molecule has 1 aliphatic carbocycles. The van der Waals surface area contributed by atoms with Gasteiger partial charge < -0.3 is 19.7 Å². The molecular weight excluding hydrogens is 464 g/mol. The number of aromatic hydroxyl groups is 2. The Morgan fingerprint density at radius 3 is 2.59 bits per heavy atom. The molecule has 2 atom stereocenters. The Kier molecular flexibility index (Phi) is 7.43. The Bertz CT molecular complexity index is 1270. The smallest absolute Gasteiger partial charge is 0.168 e. The molecule has 2 fully saturated rings. The SMILES string of the molecule is COc1c(O)ccc(CCC(=O)C[C@H]2C[C@H](C)CC3(CCCCC3)O2)c1-c1ccc2ccc(O)cc2c1. The van der Waals surface area contributed by atoms with E-state index in [0.717, 1.165) is 53.1 Å². The van der Waals surface area contributed by atoms with E-state index >= 15 is 0 Å². The van der Waals surface area contributed by atoms with Crippen molar-refractivity contribution in [2.75, 3.05) is 7.11 Å². The lowest BCUT2D eigenvalue weighted by atomic mass is 9.75. The van der Waals surface area contributed by atoms with Crippen LogP contribution in [0.3, 0.4) is 0 Å². The fraction of sp³-hybridized carbons (Fsp3) is 0.469. The number of carbonyl (C=O) groups is 1. The van der Waals surface area contributed by atoms with Gasteiger partial charge in [-0.15, -0.1) is 0 Å². The number of hydrogen-bond acceptors (Lipinski definition) is 5. The van der Waals surface area contributed by atoms with Gasteiger partial charge in [-0.2, -0.15) is 0 Å². The number of Topliss-reactive ketones (excluding diaryl/α,β-unsaturated/α-hetero) is 1. The van der Waals surface area contributed by atoms with Crippen LogP contribution in [0.15, 0.2) is 48.5 Å². The third kappa shape index (κ3) is 5.62. The van der Waals surface area contributed by atoms with Crippen molar-refractivity contribution in [2.24, 2.45) is 5.92 Å². The third-order valence-electron chi connectivity index (χ3n) is 8.24. The van der Waals surface area contributed by atoms with Gasteiger partial charge in [0, 0.05) is 18.4 Å². The molecule has 0 amide bonds. The molecular formula is C32H38O5. The zero-order valence-corrected chi connectivity index (χ0v) is 22.0. The Labute approximate surface area is 219 Å². The van der Waals surface area contributed by atoms with Gasteiger partial charge in [-0.1, -0.05) is 50.5 Å². The van der Waals surface area contributed by atoms with Gasteiger partial charge in [0.2, 0.25) is 0 Å². The summed E-state index contributed by atoms with van der Waals surface area (Å²) in [5.41, 5.74) is 2.59. The van der Waals surface area contributed by atoms with Crippen molar-refractivity contribution < 1.29 is 24.5 Å². The van der Waals surface area contributed by atoms with Crippen LogP contribution in [-0.2, 0) is 16.0 Å². The van der Waals surface area contributed by atoms with Crippen molar-refractivity contribution in [1.82, 2.24) is 0 Å². The zero-order valence-electron chi connectivity index (χ0n) is 22.0. The van der Waals surface area contributed by atoms with Crippen molar-refractivity contribution in [3.8, 4) is 28.4 Å². The highest BCUT2D eigenvalue weighted by molar-refractivity contribution is 5.90. The molecule has 0 radical (unpaired) electrons. The fourth-order valence-corrected chi connectivity index (χ4v) is 6.62. The largest absolute Gasteiger partial charge is 0.508 e. The van der Waals surface area contributed by atoms with Crippen molar-refractivity contribution >= 4 is 16.6 Å². The molecule has 1 saturated carbocycles. The van der Waals surface area contributed by atoms with E-state index in [1.165, 1.54) is 19.3 Å². The van der Waals surface area contributed by atoms with Crippen molar-refractivity contribution in [3.63, 3.8) is 0 Å². The van der Waals surface area contributed by atoms with Crippen LogP contribution in [-0.4, -0.2) is 34.8 Å². The normalized spacial score (nSPS) is 21.2. The molecule has 2 aliphatic rings. The minimum absolute atomic E-state index is 0.0105. The molecule has 3 aromatic carbocycles. The number of carbonyl (C=O) groups excluding carboxylic acids is 1. The summed E-state index contributed by atoms with van der Waals surface area (Å²) in [5, 5.41) is 22.4. The molecule has 1 saturated heterocycles. The third-order valence-corrected chi connectivity index (χ3v) is 8.24. The number of benzene rings is 3. The molecule has 0 unspecified atom stereocenters. The topological polar surface area (TPSA) is 76.0 Å². The van der Waals surface area contributed by atoms with Gasteiger partial charge in [0.25, 0.3) is 0 Å². The monoisotopic (exact) mass is 502 g/mol. The quantitative estimate of drug-likeness (QED) is 0.354. The summed E-state index contributed by atoms with van der Waals surface area (Å²) in [6, 6.07) is 14.7. The van der Waals surface area contributed by atoms with Crippen LogP contribution < -0.4 is 4.74 Å². The first-order valence-electron chi connectivity index (χ1n) is 13.7. The summed E-state index contributed by atoms with van der Waals surface area (Å²) in [7, 11) is 1.54. The molecule has 5 heteroatoms. The van der Waals surface area contributed by atoms with E-state index in [0.29, 0.717) is 30.9 Å². The van der Waals surface area contributed by atoms with E-state index in [4.69, 9.17) is 9.47 Å². The number of phenols is 2. The highest BCUT2D eigenvalue weighted by Crippen LogP contribution is 2.44. The Balaban J connectivity index is 1.34. The van der Waals surface area contributed by atoms with Gasteiger partial charge in [0.05, 0.1) is 18.8 Å². The number of methoxy groups -OCH3 is 1. The van der Waals surface area contributed by atoms with E-state index in [1.807, 2.05) is 30.3 Å². The van der Waals surface area contributed by atoms with Gasteiger partial charge >= 0.3 is 0 Å². The molecule has 0 bridgehead atoms. The molecule has 1 heterocycles. The number of ether oxygens (including phenoxy) is 2. The van der Waals surface area contributed by atoms with Crippen LogP contribution >= 0.6 is 0 Å². The minimum atomic E-state index is -0.0110. The van der Waals surface area contributed by atoms with Gasteiger partial charge in [-0.3, -0.25) is 4.79 Å². The summed E-state index contributed by atoms with van der Waals surface area (Å²) >= 11 is 0. The molecule has 0 aromatic heterocycles. The van der Waals surface area contributed by atoms with Gasteiger partial charge in [0.1, 0.15) is 11.5 Å². The molecule has 2 N–H and O–H groups in total. The first kappa shape index (κ1) is 25.6. The van der Waals surface area contributed by atoms with Crippen LogP contribution in [0.25, 0.3) is 21.9 Å². The number of ketones is 1. The van der Waals surface area contributed by atoms with Gasteiger partial charge in [-0.25, -0.2) is 0 Å². The molecule has 3 aromatic rings. The van der Waals surface area contributed by atoms with E-state index < -0.39 is 0 Å². The van der Waals surface area contributed by atoms with Crippen molar-refractivity contribution in [2.45, 2.75) is 82.8 Å². The summed E-state index contributed by atoms with van der Waals surface area (Å²) in [5.74, 6) is 1.46. The highest BCUT2D eigenvalue weighted by atomic mass is 16.5. The number of hydrogen-bond donors (Lipinski definition) is 2. The van der Waals surface area contributed by atoms with Crippen LogP contribution in [0.4, 0.5) is 0 Å². The van der Waals surface area contributed by atoms with Crippen LogP contribution in [0.2, 0.25) is 0 Å². The molecule has 37 heavy (non-hydrogen) atoms. The number of fused-ring (bicyclic) bond motifs is 1. The van der Waals surface area contributed by atoms with E-state index in [2.05, 4.69) is 6.92 Å². The Morgan fingerprint density at radius 1 is 1.03 bits per heavy atom. The first-order valence-corrected chi connectivity index (χ1v) is 13.7. The Hall–Kier alpha value is -3.05. The van der Waals surface area contributed by atoms with Crippen LogP contribution in [0.1, 0.15) is 70.3 Å². The van der Waals surface area contributed by atoms with Crippen molar-refractivity contribution in [3.05, 3.63) is 54.1 Å². The molecule has 1 spiro atoms. The summed E-state index contributed by atoms with van der Waals surface area (Å²) in [6.45, 7) is 2.30. The standard InChI is InChI=1S/C32H38O5/c1-21-16-28(37-32(20-21)14-4-3-5-15-32)19-27(34)12-9-23-10-13-29(35)31(36-2)30(23)24-7-6-22-8-11-26(33)18-25(22)17-24/h6-8,10-11,13,17-18,21,28,33,35H,3-5,9,12,14-16,19-20H2,1-2H3/t21-,28+/m0/s1. The lowest BCUT2D eigenvalue weighted by molar-refractivity contribution is -0.164. The second-order valence-corrected chi connectivity index (χ2v) is 11.2. The average molecular weight is 503 g/mol. The van der Waals surface area contributed by atoms with Crippen LogP contribution in [0.5, 0.6) is 17.2 Å². The predicted octanol–water partition coefficient (Wildman–Crippen LogP) is 7.34. The molecule has 196 valence electrons. The number of rotatable bonds is 7. The molecule has 1 aliphatic heterocycles. The highest BCUT2D eigenvalue weighted by Gasteiger charge is 2.41. The zero-order chi connectivity index (χ0) is 26.0. The molecule has 5 rings (SSSR count). The summed E-state index contributed by atoms with van der Waals surface area (Å²) in [6.07, 6.45) is 9.52. The maximum atomic E-state index is 13.2. The Morgan fingerprint density at radius 2 is 1.81 bits per heavy atom. The predicted molar refractivity (Wildman–Crippen MR) is 146 cm³/mol. The lowest BCUT2D eigenvalue weighted by Gasteiger charge is -2.46. The van der Waals surface area contributed by atoms with E-state index in [-0.39, 0.29) is 29.0 Å². The van der Waals surface area contributed by atoms with E-state index in [1.54, 1.807) is 25.3 Å². The van der Waals surface area contributed by atoms with Crippen molar-refractivity contribution in [1.29, 1.82) is 0 Å². The first-order chi connectivity index (χ1) is 17.9. The fourth-order valence-electron chi connectivity index (χ4n) is 6.62. The molecule has 5 nitrogen and oxygen atoms in total. The maximum absolute atomic E-state index is 13.2. The minimum Gasteiger partial charge on any atom is -0.508 e. The average Bonchev–Trinajstić information content (AvgIpc) is 2.87. The summed E-state index contributed by atoms with van der Waals surface area (Å²) < 4.78 is 12.2. The summed E-state index contributed by atoms with van der Waals surface area (Å²) in [4.78, 5) is 13.2. The second kappa shape index (κ2) is 10.7. The number of aryl methyl sites for hydroxylation is 1. The van der Waals surface area contributed by atoms with E-state index in [9.17, 15) is 15.0 Å². The lowest BCUT2D eigenvalue weighted by Crippen LogP contribution is -2.45. The second-order valence-electron chi connectivity index (χ2n) is 11.2. The van der Waals surface area contributed by atoms with Crippen LogP contribution in [0, 0.1) is 5.92 Å². The van der Waals surface area contributed by atoms with Gasteiger partial charge in [0.15, 0.2) is 11.5 Å². The van der Waals surface area contributed by atoms with Gasteiger partial charge in [-0.05, 0) is 84.2 Å². The number of phenolic OH excluding ortho intramolecular Hbond substituents is 2.